The van der Waals surface area contributed by atoms with Crippen molar-refractivity contribution in [1.82, 2.24) is 9.88 Å². The molecule has 1 aromatic heterocycles. The van der Waals surface area contributed by atoms with E-state index in [1.54, 1.807) is 21.0 Å². The van der Waals surface area contributed by atoms with Gasteiger partial charge in [0.1, 0.15) is 5.75 Å². The summed E-state index contributed by atoms with van der Waals surface area (Å²) in [5, 5.41) is 1.28. The number of phosphoric ester groups is 1. The van der Waals surface area contributed by atoms with Gasteiger partial charge in [0, 0.05) is 44.3 Å². The first-order chi connectivity index (χ1) is 17.0. The maximum absolute atomic E-state index is 10.5. The SMILES string of the molecule is CCOP(=O)(O)OCC.COc1ccccc1N1CCN(CCc2cccc3ncccc23)CC1. The van der Waals surface area contributed by atoms with Crippen molar-refractivity contribution in [2.24, 2.45) is 0 Å². The summed E-state index contributed by atoms with van der Waals surface area (Å²) in [6, 6.07) is 18.9. The molecule has 1 saturated heterocycles. The van der Waals surface area contributed by atoms with Crippen LogP contribution in [0.1, 0.15) is 19.4 Å². The number of benzene rings is 2. The number of pyridine rings is 1. The number of anilines is 1. The third-order valence-electron chi connectivity index (χ3n) is 5.82. The van der Waals surface area contributed by atoms with Crippen LogP contribution in [-0.2, 0) is 20.0 Å². The second-order valence-corrected chi connectivity index (χ2v) is 9.50. The van der Waals surface area contributed by atoms with E-state index in [0.717, 1.165) is 50.4 Å². The molecule has 1 fully saturated rings. The van der Waals surface area contributed by atoms with E-state index in [2.05, 4.69) is 60.2 Å². The van der Waals surface area contributed by atoms with Crippen LogP contribution in [0.15, 0.2) is 60.8 Å². The number of ether oxygens (including phenoxy) is 1. The molecule has 3 aromatic rings. The summed E-state index contributed by atoms with van der Waals surface area (Å²) >= 11 is 0. The van der Waals surface area contributed by atoms with Crippen LogP contribution in [0.3, 0.4) is 0 Å². The number of methoxy groups -OCH3 is 1. The van der Waals surface area contributed by atoms with Crippen molar-refractivity contribution in [3.05, 3.63) is 66.4 Å². The fraction of sp³-hybridized carbons (Fsp3) is 0.423. The van der Waals surface area contributed by atoms with Gasteiger partial charge in [-0.2, -0.15) is 0 Å². The molecule has 0 bridgehead atoms. The molecule has 4 rings (SSSR count). The number of rotatable bonds is 9. The van der Waals surface area contributed by atoms with Gasteiger partial charge in [-0.1, -0.05) is 30.3 Å². The minimum Gasteiger partial charge on any atom is -0.495 e. The molecule has 35 heavy (non-hydrogen) atoms. The molecule has 0 amide bonds. The number of para-hydroxylation sites is 2. The van der Waals surface area contributed by atoms with Crippen molar-refractivity contribution >= 4 is 24.4 Å². The molecule has 9 heteroatoms. The minimum atomic E-state index is -3.69. The molecule has 0 unspecified atom stereocenters. The average Bonchev–Trinajstić information content (AvgIpc) is 2.88. The van der Waals surface area contributed by atoms with E-state index >= 15 is 0 Å². The highest BCUT2D eigenvalue weighted by Gasteiger charge is 2.19. The van der Waals surface area contributed by atoms with Crippen LogP contribution in [0, 0.1) is 0 Å². The first-order valence-corrected chi connectivity index (χ1v) is 13.5. The van der Waals surface area contributed by atoms with Crippen molar-refractivity contribution in [3.63, 3.8) is 0 Å². The summed E-state index contributed by atoms with van der Waals surface area (Å²) in [6.07, 6.45) is 2.93. The van der Waals surface area contributed by atoms with Gasteiger partial charge < -0.3 is 14.5 Å². The molecule has 2 aromatic carbocycles. The highest BCUT2D eigenvalue weighted by atomic mass is 31.2. The lowest BCUT2D eigenvalue weighted by molar-refractivity contribution is 0.161. The number of phosphoric acid groups is 1. The van der Waals surface area contributed by atoms with E-state index in [0.29, 0.717) is 0 Å². The lowest BCUT2D eigenvalue weighted by atomic mass is 10.1. The number of fused-ring (bicyclic) bond motifs is 1. The number of hydrogen-bond donors (Lipinski definition) is 1. The zero-order valence-corrected chi connectivity index (χ0v) is 21.7. The van der Waals surface area contributed by atoms with Gasteiger partial charge in [-0.15, -0.1) is 0 Å². The van der Waals surface area contributed by atoms with Crippen LogP contribution < -0.4 is 9.64 Å². The van der Waals surface area contributed by atoms with Crippen molar-refractivity contribution in [2.45, 2.75) is 20.3 Å². The van der Waals surface area contributed by atoms with Gasteiger partial charge in [0.05, 0.1) is 31.5 Å². The highest BCUT2D eigenvalue weighted by molar-refractivity contribution is 7.47. The van der Waals surface area contributed by atoms with E-state index in [-0.39, 0.29) is 13.2 Å². The Labute approximate surface area is 208 Å². The van der Waals surface area contributed by atoms with Gasteiger partial charge in [-0.3, -0.25) is 18.9 Å². The van der Waals surface area contributed by atoms with Crippen molar-refractivity contribution < 1.29 is 23.2 Å². The molecule has 1 aliphatic heterocycles. The maximum atomic E-state index is 10.5. The second-order valence-electron chi connectivity index (χ2n) is 8.04. The molecule has 190 valence electrons. The fourth-order valence-corrected chi connectivity index (χ4v) is 4.86. The van der Waals surface area contributed by atoms with Gasteiger partial charge in [-0.05, 0) is 50.1 Å². The zero-order chi connectivity index (χ0) is 25.1. The van der Waals surface area contributed by atoms with Crippen molar-refractivity contribution in [3.8, 4) is 5.75 Å². The Morgan fingerprint density at radius 2 is 1.66 bits per heavy atom. The van der Waals surface area contributed by atoms with Crippen LogP contribution in [0.4, 0.5) is 5.69 Å². The Morgan fingerprint density at radius 1 is 0.943 bits per heavy atom. The first-order valence-electron chi connectivity index (χ1n) is 12.0. The molecule has 0 spiro atoms. The Hall–Kier alpha value is -2.48. The van der Waals surface area contributed by atoms with E-state index in [4.69, 9.17) is 9.63 Å². The maximum Gasteiger partial charge on any atom is 0.472 e. The predicted octanol–water partition coefficient (Wildman–Crippen LogP) is 4.77. The van der Waals surface area contributed by atoms with Gasteiger partial charge in [-0.25, -0.2) is 4.57 Å². The van der Waals surface area contributed by atoms with Gasteiger partial charge in [0.15, 0.2) is 0 Å². The summed E-state index contributed by atoms with van der Waals surface area (Å²) in [7, 11) is -1.95. The lowest BCUT2D eigenvalue weighted by Gasteiger charge is -2.36. The highest BCUT2D eigenvalue weighted by Crippen LogP contribution is 2.42. The van der Waals surface area contributed by atoms with Crippen molar-refractivity contribution in [2.75, 3.05) is 57.9 Å². The van der Waals surface area contributed by atoms with Crippen LogP contribution in [0.5, 0.6) is 5.75 Å². The molecule has 1 aliphatic rings. The molecule has 2 heterocycles. The Bertz CT molecular complexity index is 1090. The lowest BCUT2D eigenvalue weighted by Crippen LogP contribution is -2.47. The third-order valence-corrected chi connectivity index (χ3v) is 6.98. The Balaban J connectivity index is 0.000000327. The average molecular weight is 502 g/mol. The minimum absolute atomic E-state index is 0.188. The van der Waals surface area contributed by atoms with Gasteiger partial charge in [0.25, 0.3) is 0 Å². The quantitative estimate of drug-likeness (QED) is 0.420. The molecule has 1 N–H and O–H groups in total. The van der Waals surface area contributed by atoms with Crippen LogP contribution in [0.2, 0.25) is 0 Å². The van der Waals surface area contributed by atoms with Gasteiger partial charge >= 0.3 is 7.82 Å². The molecular formula is C26H36N3O5P. The predicted molar refractivity (Wildman–Crippen MR) is 140 cm³/mol. The van der Waals surface area contributed by atoms with Gasteiger partial charge in [0.2, 0.25) is 0 Å². The second kappa shape index (κ2) is 13.6. The standard InChI is InChI=1S/C22H25N3O.C4H11O4P/c1-26-22-10-3-2-9-21(22)25-16-14-24(15-17-25)13-11-18-6-4-8-20-19(18)7-5-12-23-20;1-3-7-9(5,6)8-4-2/h2-10,12H,11,13-17H2,1H3;3-4H2,1-2H3,(H,5,6). The summed E-state index contributed by atoms with van der Waals surface area (Å²) < 4.78 is 24.8. The zero-order valence-electron chi connectivity index (χ0n) is 20.8. The van der Waals surface area contributed by atoms with Crippen LogP contribution in [-0.4, -0.2) is 67.8 Å². The van der Waals surface area contributed by atoms with E-state index in [1.807, 2.05) is 24.4 Å². The summed E-state index contributed by atoms with van der Waals surface area (Å²) in [5.74, 6) is 0.962. The third kappa shape index (κ3) is 8.02. The molecule has 0 saturated carbocycles. The topological polar surface area (TPSA) is 84.4 Å². The van der Waals surface area contributed by atoms with E-state index in [1.165, 1.54) is 16.6 Å². The van der Waals surface area contributed by atoms with E-state index in [9.17, 15) is 4.57 Å². The van der Waals surface area contributed by atoms with E-state index < -0.39 is 7.82 Å². The number of nitrogens with zero attached hydrogens (tertiary/aromatic N) is 3. The first kappa shape index (κ1) is 27.1. The van der Waals surface area contributed by atoms with Crippen LogP contribution in [0.25, 0.3) is 10.9 Å². The molecule has 0 radical (unpaired) electrons. The van der Waals surface area contributed by atoms with Crippen molar-refractivity contribution in [1.29, 1.82) is 0 Å². The monoisotopic (exact) mass is 501 g/mol. The molecule has 8 nitrogen and oxygen atoms in total. The number of piperazine rings is 1. The Morgan fingerprint density at radius 3 is 2.34 bits per heavy atom. The normalized spacial score (nSPS) is 14.5. The summed E-state index contributed by atoms with van der Waals surface area (Å²) in [4.78, 5) is 18.1. The molecule has 0 aliphatic carbocycles. The van der Waals surface area contributed by atoms with Crippen LogP contribution >= 0.6 is 7.82 Å². The smallest absolute Gasteiger partial charge is 0.472 e. The largest absolute Gasteiger partial charge is 0.495 e. The fourth-order valence-electron chi connectivity index (χ4n) is 4.13. The summed E-state index contributed by atoms with van der Waals surface area (Å²) in [6.45, 7) is 8.97. The molecule has 0 atom stereocenters. The Kier molecular flexibility index (Phi) is 10.5. The number of hydrogen-bond acceptors (Lipinski definition) is 7. The molecular weight excluding hydrogens is 465 g/mol. The number of aromatic nitrogens is 1. The summed E-state index contributed by atoms with van der Waals surface area (Å²) in [5.41, 5.74) is 3.68.